The van der Waals surface area contributed by atoms with Crippen LogP contribution in [0.3, 0.4) is 0 Å². The van der Waals surface area contributed by atoms with E-state index in [0.717, 1.165) is 17.0 Å². The maximum Gasteiger partial charge on any atom is 0.182 e. The van der Waals surface area contributed by atoms with E-state index in [2.05, 4.69) is 10.1 Å². The highest BCUT2D eigenvalue weighted by atomic mass is 15.3. The maximum absolute atomic E-state index is 4.46. The van der Waals surface area contributed by atoms with Crippen LogP contribution in [0.15, 0.2) is 48.9 Å². The first-order chi connectivity index (χ1) is 7.83. The van der Waals surface area contributed by atoms with Crippen LogP contribution in [-0.4, -0.2) is 14.6 Å². The van der Waals surface area contributed by atoms with Crippen LogP contribution in [0.2, 0.25) is 0 Å². The highest BCUT2D eigenvalue weighted by molar-refractivity contribution is 5.56. The van der Waals surface area contributed by atoms with Crippen LogP contribution in [0.5, 0.6) is 0 Å². The van der Waals surface area contributed by atoms with Crippen molar-refractivity contribution in [1.29, 1.82) is 0 Å². The summed E-state index contributed by atoms with van der Waals surface area (Å²) in [6, 6.07) is 9.86. The van der Waals surface area contributed by atoms with E-state index in [-0.39, 0.29) is 0 Å². The van der Waals surface area contributed by atoms with Crippen LogP contribution in [0.1, 0.15) is 0 Å². The molecule has 0 atom stereocenters. The summed E-state index contributed by atoms with van der Waals surface area (Å²) in [5.74, 6) is 0.756. The fourth-order valence-corrected chi connectivity index (χ4v) is 1.60. The number of pyridine rings is 2. The third-order valence-electron chi connectivity index (χ3n) is 2.48. The zero-order valence-electron chi connectivity index (χ0n) is 8.91. The van der Waals surface area contributed by atoms with E-state index >= 15 is 0 Å². The lowest BCUT2D eigenvalue weighted by Gasteiger charge is -1.91. The highest BCUT2D eigenvalue weighted by Crippen LogP contribution is 2.13. The minimum Gasteiger partial charge on any atom is -0.221 e. The monoisotopic (exact) mass is 211 g/mol. The average Bonchev–Trinajstić information content (AvgIpc) is 2.73. The van der Waals surface area contributed by atoms with E-state index in [0.29, 0.717) is 0 Å². The van der Waals surface area contributed by atoms with E-state index in [4.69, 9.17) is 0 Å². The first kappa shape index (κ1) is 9.03. The molecule has 0 aliphatic rings. The number of aromatic nitrogens is 4. The fraction of sp³-hybridized carbons (Fsp3) is 0.0833. The molecule has 0 aliphatic carbocycles. The summed E-state index contributed by atoms with van der Waals surface area (Å²) in [5, 5.41) is 4.41. The van der Waals surface area contributed by atoms with Gasteiger partial charge in [0.2, 0.25) is 0 Å². The van der Waals surface area contributed by atoms with Gasteiger partial charge in [-0.2, -0.15) is 0 Å². The molecule has 0 aromatic carbocycles. The Morgan fingerprint density at radius 3 is 2.69 bits per heavy atom. The van der Waals surface area contributed by atoms with Gasteiger partial charge in [0, 0.05) is 23.9 Å². The fourth-order valence-electron chi connectivity index (χ4n) is 1.60. The molecule has 0 aliphatic heterocycles. The molecule has 3 aromatic heterocycles. The molecule has 3 heterocycles. The Morgan fingerprint density at radius 1 is 1.12 bits per heavy atom. The van der Waals surface area contributed by atoms with Gasteiger partial charge in [-0.15, -0.1) is 5.10 Å². The van der Waals surface area contributed by atoms with Gasteiger partial charge in [0.25, 0.3) is 0 Å². The van der Waals surface area contributed by atoms with Gasteiger partial charge >= 0.3 is 0 Å². The van der Waals surface area contributed by atoms with Crippen molar-refractivity contribution in [2.45, 2.75) is 0 Å². The van der Waals surface area contributed by atoms with E-state index in [1.165, 1.54) is 0 Å². The molecule has 0 amide bonds. The smallest absolute Gasteiger partial charge is 0.182 e. The second kappa shape index (κ2) is 3.41. The van der Waals surface area contributed by atoms with E-state index in [1.54, 1.807) is 4.52 Å². The van der Waals surface area contributed by atoms with Crippen molar-refractivity contribution in [2.24, 2.45) is 7.05 Å². The Balaban J connectivity index is 2.15. The van der Waals surface area contributed by atoms with Crippen LogP contribution in [0.4, 0.5) is 0 Å². The zero-order chi connectivity index (χ0) is 11.0. The maximum atomic E-state index is 4.46. The minimum atomic E-state index is 0.756. The molecular formula is C12H11N4+. The first-order valence-corrected chi connectivity index (χ1v) is 5.10. The van der Waals surface area contributed by atoms with Gasteiger partial charge in [-0.05, 0) is 12.1 Å². The van der Waals surface area contributed by atoms with Crippen molar-refractivity contribution >= 4 is 5.65 Å². The second-order valence-electron chi connectivity index (χ2n) is 3.69. The van der Waals surface area contributed by atoms with Crippen LogP contribution < -0.4 is 4.57 Å². The van der Waals surface area contributed by atoms with Crippen LogP contribution in [-0.2, 0) is 7.05 Å². The molecule has 0 fully saturated rings. The second-order valence-corrected chi connectivity index (χ2v) is 3.69. The summed E-state index contributed by atoms with van der Waals surface area (Å²) in [5.41, 5.74) is 1.90. The Kier molecular flexibility index (Phi) is 1.93. The van der Waals surface area contributed by atoms with Crippen molar-refractivity contribution < 1.29 is 4.57 Å². The van der Waals surface area contributed by atoms with Crippen molar-refractivity contribution in [3.05, 3.63) is 48.9 Å². The summed E-state index contributed by atoms with van der Waals surface area (Å²) in [6.07, 6.45) is 5.87. The Labute approximate surface area is 92.8 Å². The molecule has 0 spiro atoms. The summed E-state index contributed by atoms with van der Waals surface area (Å²) < 4.78 is 3.77. The summed E-state index contributed by atoms with van der Waals surface area (Å²) in [6.45, 7) is 0. The van der Waals surface area contributed by atoms with Gasteiger partial charge in [0.05, 0.1) is 0 Å². The van der Waals surface area contributed by atoms with Crippen LogP contribution >= 0.6 is 0 Å². The number of hydrogen-bond acceptors (Lipinski definition) is 2. The molecule has 3 aromatic rings. The van der Waals surface area contributed by atoms with Gasteiger partial charge in [-0.1, -0.05) is 6.07 Å². The van der Waals surface area contributed by atoms with E-state index in [9.17, 15) is 0 Å². The van der Waals surface area contributed by atoms with Gasteiger partial charge < -0.3 is 0 Å². The SMILES string of the molecule is C[n+]1ccc(-c2nc3ccccn3n2)cc1. The predicted molar refractivity (Wildman–Crippen MR) is 59.6 cm³/mol. The van der Waals surface area contributed by atoms with Crippen LogP contribution in [0, 0.1) is 0 Å². The zero-order valence-corrected chi connectivity index (χ0v) is 8.91. The molecule has 0 bridgehead atoms. The van der Waals surface area contributed by atoms with E-state index < -0.39 is 0 Å². The molecule has 0 saturated carbocycles. The molecule has 0 saturated heterocycles. The lowest BCUT2D eigenvalue weighted by Crippen LogP contribution is -2.25. The molecule has 4 nitrogen and oxygen atoms in total. The van der Waals surface area contributed by atoms with Crippen molar-refractivity contribution in [3.63, 3.8) is 0 Å². The Hall–Kier alpha value is -2.23. The standard InChI is InChI=1S/C12H11N4/c1-15-8-5-10(6-9-15)12-13-11-4-2-3-7-16(11)14-12/h2-9H,1H3/q+1. The number of rotatable bonds is 1. The van der Waals surface area contributed by atoms with Gasteiger partial charge in [0.15, 0.2) is 23.9 Å². The summed E-state index contributed by atoms with van der Waals surface area (Å²) in [4.78, 5) is 4.46. The topological polar surface area (TPSA) is 34.1 Å². The van der Waals surface area contributed by atoms with E-state index in [1.807, 2.05) is 60.5 Å². The summed E-state index contributed by atoms with van der Waals surface area (Å²) in [7, 11) is 1.99. The third kappa shape index (κ3) is 1.44. The van der Waals surface area contributed by atoms with Gasteiger partial charge in [0.1, 0.15) is 7.05 Å². The lowest BCUT2D eigenvalue weighted by molar-refractivity contribution is -0.671. The average molecular weight is 211 g/mol. The highest BCUT2D eigenvalue weighted by Gasteiger charge is 2.06. The largest absolute Gasteiger partial charge is 0.221 e. The number of nitrogens with zero attached hydrogens (tertiary/aromatic N) is 4. The lowest BCUT2D eigenvalue weighted by atomic mass is 10.2. The number of aryl methyl sites for hydroxylation is 1. The Morgan fingerprint density at radius 2 is 1.94 bits per heavy atom. The van der Waals surface area contributed by atoms with Gasteiger partial charge in [-0.3, -0.25) is 0 Å². The summed E-state index contributed by atoms with van der Waals surface area (Å²) >= 11 is 0. The molecule has 16 heavy (non-hydrogen) atoms. The molecule has 3 rings (SSSR count). The normalized spacial score (nSPS) is 10.8. The van der Waals surface area contributed by atoms with Crippen molar-refractivity contribution in [1.82, 2.24) is 14.6 Å². The quantitative estimate of drug-likeness (QED) is 0.567. The predicted octanol–water partition coefficient (Wildman–Crippen LogP) is 1.22. The molecule has 0 unspecified atom stereocenters. The molecule has 4 heteroatoms. The van der Waals surface area contributed by atoms with Crippen molar-refractivity contribution in [3.8, 4) is 11.4 Å². The van der Waals surface area contributed by atoms with Crippen molar-refractivity contribution in [2.75, 3.05) is 0 Å². The van der Waals surface area contributed by atoms with Gasteiger partial charge in [-0.25, -0.2) is 14.1 Å². The molecule has 0 radical (unpaired) electrons. The number of fused-ring (bicyclic) bond motifs is 1. The first-order valence-electron chi connectivity index (χ1n) is 5.10. The minimum absolute atomic E-state index is 0.756. The van der Waals surface area contributed by atoms with Crippen LogP contribution in [0.25, 0.3) is 17.0 Å². The Bertz CT molecular complexity index is 592. The number of hydrogen-bond donors (Lipinski definition) is 0. The molecule has 78 valence electrons. The molecule has 0 N–H and O–H groups in total. The third-order valence-corrected chi connectivity index (χ3v) is 2.48. The molecular weight excluding hydrogens is 200 g/mol.